The maximum absolute atomic E-state index is 5.86. The zero-order chi connectivity index (χ0) is 11.7. The minimum atomic E-state index is 0.276. The summed E-state index contributed by atoms with van der Waals surface area (Å²) in [4.78, 5) is 0. The number of aryl methyl sites for hydroxylation is 2. The second kappa shape index (κ2) is 4.30. The van der Waals surface area contributed by atoms with Gasteiger partial charge in [-0.15, -0.1) is 0 Å². The van der Waals surface area contributed by atoms with Gasteiger partial charge in [-0.1, -0.05) is 6.92 Å². The van der Waals surface area contributed by atoms with Gasteiger partial charge in [-0.2, -0.15) is 0 Å². The van der Waals surface area contributed by atoms with E-state index in [0.717, 1.165) is 17.9 Å². The van der Waals surface area contributed by atoms with Gasteiger partial charge in [0.2, 0.25) is 0 Å². The summed E-state index contributed by atoms with van der Waals surface area (Å²) in [5, 5.41) is 4.56. The summed E-state index contributed by atoms with van der Waals surface area (Å²) in [6.45, 7) is 9.44. The van der Waals surface area contributed by atoms with Crippen LogP contribution in [0.25, 0.3) is 11.0 Å². The fraction of sp³-hybridized carbons (Fsp3) is 0.429. The summed E-state index contributed by atoms with van der Waals surface area (Å²) in [7, 11) is 0. The van der Waals surface area contributed by atoms with Gasteiger partial charge in [0, 0.05) is 5.39 Å². The van der Waals surface area contributed by atoms with Crippen LogP contribution in [0.1, 0.15) is 36.8 Å². The highest BCUT2D eigenvalue weighted by Gasteiger charge is 2.10. The Morgan fingerprint density at radius 3 is 2.56 bits per heavy atom. The Morgan fingerprint density at radius 1 is 1.19 bits per heavy atom. The average Bonchev–Trinajstić information content (AvgIpc) is 2.62. The first-order valence-electron chi connectivity index (χ1n) is 5.86. The molecular weight excluding hydrogens is 198 g/mol. The number of rotatable bonds is 3. The van der Waals surface area contributed by atoms with Gasteiger partial charge >= 0.3 is 0 Å². The molecule has 1 aromatic heterocycles. The second-order valence-corrected chi connectivity index (χ2v) is 4.40. The van der Waals surface area contributed by atoms with Crippen molar-refractivity contribution in [2.75, 3.05) is 6.54 Å². The van der Waals surface area contributed by atoms with E-state index in [9.17, 15) is 0 Å². The van der Waals surface area contributed by atoms with Crippen molar-refractivity contribution in [3.05, 3.63) is 35.1 Å². The Bertz CT molecular complexity index is 460. The van der Waals surface area contributed by atoms with E-state index in [0.29, 0.717) is 0 Å². The molecule has 2 rings (SSSR count). The van der Waals surface area contributed by atoms with Crippen molar-refractivity contribution in [1.82, 2.24) is 5.32 Å². The highest BCUT2D eigenvalue weighted by molar-refractivity contribution is 5.79. The summed E-state index contributed by atoms with van der Waals surface area (Å²) in [5.74, 6) is 1.02. The third-order valence-electron chi connectivity index (χ3n) is 3.09. The molecule has 1 unspecified atom stereocenters. The number of benzene rings is 1. The van der Waals surface area contributed by atoms with Crippen LogP contribution in [-0.2, 0) is 0 Å². The molecule has 2 nitrogen and oxygen atoms in total. The molecule has 1 N–H and O–H groups in total. The van der Waals surface area contributed by atoms with Crippen LogP contribution in [0, 0.1) is 13.8 Å². The van der Waals surface area contributed by atoms with Crippen molar-refractivity contribution in [3.63, 3.8) is 0 Å². The highest BCUT2D eigenvalue weighted by Crippen LogP contribution is 2.26. The van der Waals surface area contributed by atoms with E-state index in [1.54, 1.807) is 0 Å². The monoisotopic (exact) mass is 217 g/mol. The lowest BCUT2D eigenvalue weighted by Gasteiger charge is -2.07. The number of hydrogen-bond donors (Lipinski definition) is 1. The first kappa shape index (κ1) is 11.2. The van der Waals surface area contributed by atoms with Crippen LogP contribution in [0.3, 0.4) is 0 Å². The quantitative estimate of drug-likeness (QED) is 0.847. The van der Waals surface area contributed by atoms with Crippen molar-refractivity contribution in [3.8, 4) is 0 Å². The van der Waals surface area contributed by atoms with Crippen molar-refractivity contribution in [2.45, 2.75) is 33.7 Å². The van der Waals surface area contributed by atoms with Gasteiger partial charge < -0.3 is 9.73 Å². The average molecular weight is 217 g/mol. The smallest absolute Gasteiger partial charge is 0.134 e. The number of hydrogen-bond acceptors (Lipinski definition) is 2. The molecule has 0 saturated heterocycles. The van der Waals surface area contributed by atoms with Gasteiger partial charge in [0.05, 0.1) is 6.04 Å². The van der Waals surface area contributed by atoms with Crippen LogP contribution in [0.15, 0.2) is 22.6 Å². The summed E-state index contributed by atoms with van der Waals surface area (Å²) in [6, 6.07) is 6.72. The molecule has 1 heterocycles. The third kappa shape index (κ3) is 1.98. The van der Waals surface area contributed by atoms with E-state index in [-0.39, 0.29) is 6.04 Å². The SMILES string of the molecule is CCNC(C)c1cc2cc(C)c(C)cc2o1. The minimum Gasteiger partial charge on any atom is -0.459 e. The molecule has 86 valence electrons. The maximum Gasteiger partial charge on any atom is 0.134 e. The number of fused-ring (bicyclic) bond motifs is 1. The molecule has 1 aromatic carbocycles. The van der Waals surface area contributed by atoms with Crippen molar-refractivity contribution in [2.24, 2.45) is 0 Å². The molecule has 2 aromatic rings. The van der Waals surface area contributed by atoms with Crippen LogP contribution in [0.2, 0.25) is 0 Å². The Morgan fingerprint density at radius 2 is 1.88 bits per heavy atom. The van der Waals surface area contributed by atoms with Crippen molar-refractivity contribution in [1.29, 1.82) is 0 Å². The van der Waals surface area contributed by atoms with E-state index in [4.69, 9.17) is 4.42 Å². The van der Waals surface area contributed by atoms with Gasteiger partial charge in [0.25, 0.3) is 0 Å². The van der Waals surface area contributed by atoms with E-state index < -0.39 is 0 Å². The lowest BCUT2D eigenvalue weighted by Crippen LogP contribution is -2.16. The van der Waals surface area contributed by atoms with Crippen LogP contribution in [0.5, 0.6) is 0 Å². The summed E-state index contributed by atoms with van der Waals surface area (Å²) in [5.41, 5.74) is 3.59. The summed E-state index contributed by atoms with van der Waals surface area (Å²) >= 11 is 0. The first-order chi connectivity index (χ1) is 7.61. The molecule has 16 heavy (non-hydrogen) atoms. The van der Waals surface area contributed by atoms with Gasteiger partial charge in [0.15, 0.2) is 0 Å². The third-order valence-corrected chi connectivity index (χ3v) is 3.09. The number of furan rings is 1. The van der Waals surface area contributed by atoms with Gasteiger partial charge in [-0.3, -0.25) is 0 Å². The molecular formula is C14H19NO. The molecule has 0 fully saturated rings. The van der Waals surface area contributed by atoms with Crippen LogP contribution >= 0.6 is 0 Å². The van der Waals surface area contributed by atoms with E-state index in [1.165, 1.54) is 16.5 Å². The Hall–Kier alpha value is -1.28. The zero-order valence-electron chi connectivity index (χ0n) is 10.4. The minimum absolute atomic E-state index is 0.276. The largest absolute Gasteiger partial charge is 0.459 e. The molecule has 0 aliphatic rings. The van der Waals surface area contributed by atoms with Crippen LogP contribution in [-0.4, -0.2) is 6.54 Å². The van der Waals surface area contributed by atoms with Crippen LogP contribution < -0.4 is 5.32 Å². The number of nitrogens with one attached hydrogen (secondary N) is 1. The summed E-state index contributed by atoms with van der Waals surface area (Å²) < 4.78 is 5.86. The Labute approximate surface area is 96.6 Å². The van der Waals surface area contributed by atoms with E-state index in [1.807, 2.05) is 0 Å². The topological polar surface area (TPSA) is 25.2 Å². The molecule has 0 radical (unpaired) electrons. The first-order valence-corrected chi connectivity index (χ1v) is 5.86. The molecule has 0 aliphatic carbocycles. The van der Waals surface area contributed by atoms with Crippen LogP contribution in [0.4, 0.5) is 0 Å². The second-order valence-electron chi connectivity index (χ2n) is 4.40. The molecule has 0 amide bonds. The van der Waals surface area contributed by atoms with E-state index in [2.05, 4.69) is 51.2 Å². The highest BCUT2D eigenvalue weighted by atomic mass is 16.3. The summed E-state index contributed by atoms with van der Waals surface area (Å²) in [6.07, 6.45) is 0. The van der Waals surface area contributed by atoms with E-state index >= 15 is 0 Å². The molecule has 2 heteroatoms. The lowest BCUT2D eigenvalue weighted by molar-refractivity contribution is 0.459. The maximum atomic E-state index is 5.86. The van der Waals surface area contributed by atoms with Crippen molar-refractivity contribution >= 4 is 11.0 Å². The molecule has 0 bridgehead atoms. The fourth-order valence-electron chi connectivity index (χ4n) is 1.94. The standard InChI is InChI=1S/C14H19NO/c1-5-15-11(4)13-8-12-6-9(2)10(3)7-14(12)16-13/h6-8,11,15H,5H2,1-4H3. The van der Waals surface area contributed by atoms with Gasteiger partial charge in [0.1, 0.15) is 11.3 Å². The van der Waals surface area contributed by atoms with Gasteiger partial charge in [-0.05, 0) is 56.6 Å². The predicted octanol–water partition coefficient (Wildman–Crippen LogP) is 3.72. The molecule has 0 spiro atoms. The molecule has 0 aliphatic heterocycles. The zero-order valence-corrected chi connectivity index (χ0v) is 10.4. The van der Waals surface area contributed by atoms with Crippen molar-refractivity contribution < 1.29 is 4.42 Å². The lowest BCUT2D eigenvalue weighted by atomic mass is 10.1. The predicted molar refractivity (Wildman–Crippen MR) is 67.8 cm³/mol. The Kier molecular flexibility index (Phi) is 3.01. The normalized spacial score (nSPS) is 13.2. The molecule has 0 saturated carbocycles. The van der Waals surface area contributed by atoms with Gasteiger partial charge in [-0.25, -0.2) is 0 Å². The fourth-order valence-corrected chi connectivity index (χ4v) is 1.94. The molecule has 1 atom stereocenters. The Balaban J connectivity index is 2.43.